The van der Waals surface area contributed by atoms with Crippen LogP contribution in [0.25, 0.3) is 0 Å². The summed E-state index contributed by atoms with van der Waals surface area (Å²) in [5, 5.41) is 3.58. The van der Waals surface area contributed by atoms with Crippen LogP contribution in [0.1, 0.15) is 71.6 Å². The molecule has 0 aliphatic heterocycles. The van der Waals surface area contributed by atoms with E-state index in [1.807, 2.05) is 4.90 Å². The molecule has 0 spiro atoms. The van der Waals surface area contributed by atoms with Crippen molar-refractivity contribution in [2.24, 2.45) is 0 Å². The van der Waals surface area contributed by atoms with Gasteiger partial charge in [0.25, 0.3) is 0 Å². The lowest BCUT2D eigenvalue weighted by Crippen LogP contribution is -2.36. The minimum atomic E-state index is 0.324. The van der Waals surface area contributed by atoms with E-state index < -0.39 is 0 Å². The van der Waals surface area contributed by atoms with E-state index in [4.69, 9.17) is 0 Å². The van der Waals surface area contributed by atoms with Crippen molar-refractivity contribution in [2.45, 2.75) is 77.7 Å². The first-order chi connectivity index (χ1) is 9.27. The van der Waals surface area contributed by atoms with Crippen molar-refractivity contribution in [1.29, 1.82) is 0 Å². The molecule has 0 heterocycles. The number of amides is 1. The average molecular weight is 268 g/mol. The molecule has 0 aromatic rings. The molecular formula is C16H32N2O. The van der Waals surface area contributed by atoms with Crippen molar-refractivity contribution in [3.05, 3.63) is 0 Å². The molecule has 1 aliphatic carbocycles. The summed E-state index contributed by atoms with van der Waals surface area (Å²) in [6.07, 6.45) is 10.8. The molecule has 0 radical (unpaired) electrons. The van der Waals surface area contributed by atoms with Gasteiger partial charge in [-0.3, -0.25) is 4.79 Å². The van der Waals surface area contributed by atoms with Crippen LogP contribution in [-0.2, 0) is 4.79 Å². The molecule has 1 saturated carbocycles. The Kier molecular flexibility index (Phi) is 8.89. The molecule has 1 fully saturated rings. The van der Waals surface area contributed by atoms with Crippen molar-refractivity contribution < 1.29 is 4.79 Å². The molecule has 112 valence electrons. The molecule has 0 atom stereocenters. The maximum Gasteiger partial charge on any atom is 0.223 e. The van der Waals surface area contributed by atoms with Gasteiger partial charge in [-0.05, 0) is 25.7 Å². The lowest BCUT2D eigenvalue weighted by atomic mass is 10.1. The summed E-state index contributed by atoms with van der Waals surface area (Å²) in [6.45, 7) is 6.96. The first kappa shape index (κ1) is 16.5. The highest BCUT2D eigenvalue weighted by atomic mass is 16.2. The Morgan fingerprint density at radius 3 is 2.16 bits per heavy atom. The molecule has 0 saturated heterocycles. The Hall–Kier alpha value is -0.570. The Bertz CT molecular complexity index is 229. The predicted molar refractivity (Wildman–Crippen MR) is 81.3 cm³/mol. The molecule has 19 heavy (non-hydrogen) atoms. The molecular weight excluding hydrogens is 236 g/mol. The van der Waals surface area contributed by atoms with Crippen LogP contribution in [0.5, 0.6) is 0 Å². The first-order valence-corrected chi connectivity index (χ1v) is 8.29. The third kappa shape index (κ3) is 6.95. The quantitative estimate of drug-likeness (QED) is 0.685. The van der Waals surface area contributed by atoms with E-state index in [1.54, 1.807) is 0 Å². The van der Waals surface area contributed by atoms with Crippen LogP contribution in [0.15, 0.2) is 0 Å². The highest BCUT2D eigenvalue weighted by Gasteiger charge is 2.14. The summed E-state index contributed by atoms with van der Waals surface area (Å²) < 4.78 is 0. The van der Waals surface area contributed by atoms with E-state index in [9.17, 15) is 4.79 Å². The maximum atomic E-state index is 12.1. The summed E-state index contributed by atoms with van der Waals surface area (Å²) in [6, 6.07) is 0.654. The molecule has 3 heteroatoms. The van der Waals surface area contributed by atoms with Crippen LogP contribution in [0, 0.1) is 0 Å². The smallest absolute Gasteiger partial charge is 0.223 e. The number of nitrogens with zero attached hydrogens (tertiary/aromatic N) is 1. The summed E-state index contributed by atoms with van der Waals surface area (Å²) in [5.74, 6) is 0.324. The SMILES string of the molecule is CCCN(CCC)C(=O)CCNC1CCCCCC1. The average Bonchev–Trinajstić information content (AvgIpc) is 2.67. The molecule has 1 amide bonds. The van der Waals surface area contributed by atoms with Crippen LogP contribution >= 0.6 is 0 Å². The van der Waals surface area contributed by atoms with Gasteiger partial charge in [0.2, 0.25) is 5.91 Å². The molecule has 0 aromatic heterocycles. The number of hydrogen-bond acceptors (Lipinski definition) is 2. The van der Waals surface area contributed by atoms with Gasteiger partial charge in [0.1, 0.15) is 0 Å². The zero-order chi connectivity index (χ0) is 13.9. The Morgan fingerprint density at radius 2 is 1.63 bits per heavy atom. The molecule has 0 unspecified atom stereocenters. The second-order valence-electron chi connectivity index (χ2n) is 5.77. The van der Waals surface area contributed by atoms with E-state index in [-0.39, 0.29) is 0 Å². The molecule has 0 bridgehead atoms. The number of rotatable bonds is 8. The second kappa shape index (κ2) is 10.2. The van der Waals surface area contributed by atoms with Gasteiger partial charge in [-0.1, -0.05) is 39.5 Å². The highest BCUT2D eigenvalue weighted by Crippen LogP contribution is 2.17. The fraction of sp³-hybridized carbons (Fsp3) is 0.938. The van der Waals surface area contributed by atoms with E-state index in [1.165, 1.54) is 38.5 Å². The zero-order valence-electron chi connectivity index (χ0n) is 12.9. The van der Waals surface area contributed by atoms with Gasteiger partial charge in [0.15, 0.2) is 0 Å². The Morgan fingerprint density at radius 1 is 1.05 bits per heavy atom. The van der Waals surface area contributed by atoms with E-state index in [2.05, 4.69) is 19.2 Å². The van der Waals surface area contributed by atoms with Crippen LogP contribution < -0.4 is 5.32 Å². The fourth-order valence-electron chi connectivity index (χ4n) is 2.93. The molecule has 0 aromatic carbocycles. The Labute approximate surface area is 119 Å². The third-order valence-electron chi connectivity index (χ3n) is 3.97. The molecule has 1 rings (SSSR count). The summed E-state index contributed by atoms with van der Waals surface area (Å²) >= 11 is 0. The minimum Gasteiger partial charge on any atom is -0.343 e. The van der Waals surface area contributed by atoms with Crippen molar-refractivity contribution in [1.82, 2.24) is 10.2 Å². The van der Waals surface area contributed by atoms with Crippen molar-refractivity contribution in [3.63, 3.8) is 0 Å². The lowest BCUT2D eigenvalue weighted by molar-refractivity contribution is -0.131. The van der Waals surface area contributed by atoms with Crippen LogP contribution in [0.4, 0.5) is 0 Å². The van der Waals surface area contributed by atoms with E-state index >= 15 is 0 Å². The minimum absolute atomic E-state index is 0.324. The zero-order valence-corrected chi connectivity index (χ0v) is 12.9. The van der Waals surface area contributed by atoms with Gasteiger partial charge in [-0.25, -0.2) is 0 Å². The number of carbonyl (C=O) groups is 1. The van der Waals surface area contributed by atoms with Crippen molar-refractivity contribution in [2.75, 3.05) is 19.6 Å². The summed E-state index contributed by atoms with van der Waals surface area (Å²) in [7, 11) is 0. The van der Waals surface area contributed by atoms with Crippen molar-refractivity contribution in [3.8, 4) is 0 Å². The van der Waals surface area contributed by atoms with Gasteiger partial charge in [-0.15, -0.1) is 0 Å². The summed E-state index contributed by atoms with van der Waals surface area (Å²) in [4.78, 5) is 14.1. The van der Waals surface area contributed by atoms with Gasteiger partial charge >= 0.3 is 0 Å². The molecule has 3 nitrogen and oxygen atoms in total. The standard InChI is InChI=1S/C16H32N2O/c1-3-13-18(14-4-2)16(19)11-12-17-15-9-7-5-6-8-10-15/h15,17H,3-14H2,1-2H3. The number of carbonyl (C=O) groups excluding carboxylic acids is 1. The number of hydrogen-bond donors (Lipinski definition) is 1. The predicted octanol–water partition coefficient (Wildman–Crippen LogP) is 3.34. The molecule has 1 N–H and O–H groups in total. The molecule has 1 aliphatic rings. The van der Waals surface area contributed by atoms with Gasteiger partial charge in [0.05, 0.1) is 0 Å². The lowest BCUT2D eigenvalue weighted by Gasteiger charge is -2.22. The topological polar surface area (TPSA) is 32.3 Å². The van der Waals surface area contributed by atoms with Gasteiger partial charge in [-0.2, -0.15) is 0 Å². The fourth-order valence-corrected chi connectivity index (χ4v) is 2.93. The van der Waals surface area contributed by atoms with Crippen LogP contribution in [0.3, 0.4) is 0 Å². The normalized spacial score (nSPS) is 17.2. The monoisotopic (exact) mass is 268 g/mol. The highest BCUT2D eigenvalue weighted by molar-refractivity contribution is 5.76. The van der Waals surface area contributed by atoms with Gasteiger partial charge < -0.3 is 10.2 Å². The Balaban J connectivity index is 2.20. The summed E-state index contributed by atoms with van der Waals surface area (Å²) in [5.41, 5.74) is 0. The number of nitrogens with one attached hydrogen (secondary N) is 1. The van der Waals surface area contributed by atoms with E-state index in [0.29, 0.717) is 18.4 Å². The second-order valence-corrected chi connectivity index (χ2v) is 5.77. The third-order valence-corrected chi connectivity index (χ3v) is 3.97. The van der Waals surface area contributed by atoms with Gasteiger partial charge in [0, 0.05) is 32.1 Å². The van der Waals surface area contributed by atoms with Crippen molar-refractivity contribution >= 4 is 5.91 Å². The largest absolute Gasteiger partial charge is 0.343 e. The first-order valence-electron chi connectivity index (χ1n) is 8.29. The maximum absolute atomic E-state index is 12.1. The van der Waals surface area contributed by atoms with Crippen LogP contribution in [-0.4, -0.2) is 36.5 Å². The van der Waals surface area contributed by atoms with E-state index in [0.717, 1.165) is 32.5 Å². The van der Waals surface area contributed by atoms with Crippen LogP contribution in [0.2, 0.25) is 0 Å².